The summed E-state index contributed by atoms with van der Waals surface area (Å²) < 4.78 is 16.9. The molecule has 0 aromatic heterocycles. The summed E-state index contributed by atoms with van der Waals surface area (Å²) in [5.41, 5.74) is 0. The van der Waals surface area contributed by atoms with Crippen LogP contribution in [0.15, 0.2) is 48.6 Å². The normalized spacial score (nSPS) is 12.3. The number of ether oxygens (including phenoxy) is 3. The fraction of sp³-hybridized carbons (Fsp3) is 0.828. The maximum atomic E-state index is 12.9. The molecule has 6 nitrogen and oxygen atoms in total. The molecule has 0 saturated carbocycles. The van der Waals surface area contributed by atoms with Gasteiger partial charge in [0.15, 0.2) is 6.10 Å². The first-order valence-electron chi connectivity index (χ1n) is 30.7. The van der Waals surface area contributed by atoms with Crippen LogP contribution in [0.2, 0.25) is 0 Å². The van der Waals surface area contributed by atoms with Crippen LogP contribution in [0, 0.1) is 0 Å². The maximum absolute atomic E-state index is 12.9. The van der Waals surface area contributed by atoms with Gasteiger partial charge in [0.25, 0.3) is 0 Å². The van der Waals surface area contributed by atoms with E-state index in [1.165, 1.54) is 205 Å². The fourth-order valence-corrected chi connectivity index (χ4v) is 8.90. The molecule has 0 N–H and O–H groups in total. The molecule has 408 valence electrons. The van der Waals surface area contributed by atoms with Crippen LogP contribution in [0.1, 0.15) is 323 Å². The molecule has 0 radical (unpaired) electrons. The Bertz CT molecular complexity index is 1220. The molecule has 0 aromatic carbocycles. The standard InChI is InChI=1S/C64H116O6/c1-4-7-10-13-16-19-22-25-28-30-32-34-36-39-42-45-48-51-54-57-63(66)69-60-61(59-68-62(65)56-53-50-47-44-41-38-35-27-24-21-18-15-12-9-6-3)70-64(67)58-55-52-49-46-43-40-37-33-31-29-26-23-20-17-14-11-8-5-2/h21,24,29-33,37,61H,4-20,22-23,25-28,34-36,38-60H2,1-3H3/b24-21-,31-29-,32-30-,37-33-. The van der Waals surface area contributed by atoms with E-state index in [1.54, 1.807) is 0 Å². The lowest BCUT2D eigenvalue weighted by Crippen LogP contribution is -2.30. The first-order chi connectivity index (χ1) is 34.5. The first kappa shape index (κ1) is 67.4. The van der Waals surface area contributed by atoms with Crippen LogP contribution in [-0.2, 0) is 28.6 Å². The predicted molar refractivity (Wildman–Crippen MR) is 302 cm³/mol. The van der Waals surface area contributed by atoms with Gasteiger partial charge in [-0.1, -0.05) is 256 Å². The van der Waals surface area contributed by atoms with Gasteiger partial charge in [-0.3, -0.25) is 14.4 Å². The molecule has 1 atom stereocenters. The molecule has 1 unspecified atom stereocenters. The van der Waals surface area contributed by atoms with E-state index in [4.69, 9.17) is 14.2 Å². The number of carbonyl (C=O) groups is 3. The molecule has 0 heterocycles. The highest BCUT2D eigenvalue weighted by molar-refractivity contribution is 5.71. The summed E-state index contributed by atoms with van der Waals surface area (Å²) in [5, 5.41) is 0. The summed E-state index contributed by atoms with van der Waals surface area (Å²) in [6.45, 7) is 6.64. The second-order valence-corrected chi connectivity index (χ2v) is 20.6. The van der Waals surface area contributed by atoms with E-state index in [1.807, 2.05) is 0 Å². The van der Waals surface area contributed by atoms with Gasteiger partial charge in [0.2, 0.25) is 0 Å². The number of hydrogen-bond acceptors (Lipinski definition) is 6. The molecule has 0 aliphatic carbocycles. The predicted octanol–water partition coefficient (Wildman–Crippen LogP) is 20.6. The lowest BCUT2D eigenvalue weighted by Gasteiger charge is -2.18. The van der Waals surface area contributed by atoms with E-state index in [2.05, 4.69) is 69.4 Å². The van der Waals surface area contributed by atoms with E-state index in [0.717, 1.165) is 77.0 Å². The second-order valence-electron chi connectivity index (χ2n) is 20.6. The van der Waals surface area contributed by atoms with Crippen molar-refractivity contribution in [3.05, 3.63) is 48.6 Å². The third-order valence-electron chi connectivity index (χ3n) is 13.6. The highest BCUT2D eigenvalue weighted by Crippen LogP contribution is 2.16. The Hall–Kier alpha value is -2.63. The summed E-state index contributed by atoms with van der Waals surface area (Å²) >= 11 is 0. The van der Waals surface area contributed by atoms with Gasteiger partial charge in [-0.25, -0.2) is 0 Å². The summed E-state index contributed by atoms with van der Waals surface area (Å²) in [6.07, 6.45) is 72.4. The number of hydrogen-bond donors (Lipinski definition) is 0. The van der Waals surface area contributed by atoms with Gasteiger partial charge in [-0.2, -0.15) is 0 Å². The van der Waals surface area contributed by atoms with Gasteiger partial charge >= 0.3 is 17.9 Å². The molecular weight excluding hydrogens is 865 g/mol. The zero-order valence-electron chi connectivity index (χ0n) is 46.8. The number of rotatable bonds is 56. The monoisotopic (exact) mass is 981 g/mol. The average molecular weight is 982 g/mol. The number of esters is 3. The van der Waals surface area contributed by atoms with Crippen molar-refractivity contribution < 1.29 is 28.6 Å². The summed E-state index contributed by atoms with van der Waals surface area (Å²) in [7, 11) is 0. The van der Waals surface area contributed by atoms with Crippen molar-refractivity contribution in [2.45, 2.75) is 329 Å². The number of allylic oxidation sites excluding steroid dienone is 8. The zero-order chi connectivity index (χ0) is 50.7. The quantitative estimate of drug-likeness (QED) is 0.0199. The minimum Gasteiger partial charge on any atom is -0.462 e. The van der Waals surface area contributed by atoms with Gasteiger partial charge in [-0.05, 0) is 96.3 Å². The average Bonchev–Trinajstić information content (AvgIpc) is 3.36. The van der Waals surface area contributed by atoms with Crippen molar-refractivity contribution in [1.29, 1.82) is 0 Å². The lowest BCUT2D eigenvalue weighted by atomic mass is 10.1. The largest absolute Gasteiger partial charge is 0.462 e. The number of carbonyl (C=O) groups excluding carboxylic acids is 3. The molecule has 0 aliphatic heterocycles. The Kier molecular flexibility index (Phi) is 56.7. The van der Waals surface area contributed by atoms with Crippen LogP contribution < -0.4 is 0 Å². The van der Waals surface area contributed by atoms with Crippen LogP contribution in [-0.4, -0.2) is 37.2 Å². The fourth-order valence-electron chi connectivity index (χ4n) is 8.90. The third-order valence-corrected chi connectivity index (χ3v) is 13.6. The Labute approximate surface area is 435 Å². The minimum absolute atomic E-state index is 0.0813. The summed E-state index contributed by atoms with van der Waals surface area (Å²) in [6, 6.07) is 0. The summed E-state index contributed by atoms with van der Waals surface area (Å²) in [4.78, 5) is 38.2. The van der Waals surface area contributed by atoms with Gasteiger partial charge < -0.3 is 14.2 Å². The molecule has 0 fully saturated rings. The van der Waals surface area contributed by atoms with Crippen LogP contribution in [0.3, 0.4) is 0 Å². The van der Waals surface area contributed by atoms with E-state index in [-0.39, 0.29) is 31.1 Å². The van der Waals surface area contributed by atoms with Crippen LogP contribution >= 0.6 is 0 Å². The minimum atomic E-state index is -0.785. The zero-order valence-corrected chi connectivity index (χ0v) is 46.8. The Morgan fingerprint density at radius 1 is 0.286 bits per heavy atom. The van der Waals surface area contributed by atoms with E-state index < -0.39 is 6.10 Å². The van der Waals surface area contributed by atoms with Gasteiger partial charge in [-0.15, -0.1) is 0 Å². The molecule has 0 aromatic rings. The van der Waals surface area contributed by atoms with Crippen LogP contribution in [0.25, 0.3) is 0 Å². The Balaban J connectivity index is 4.39. The first-order valence-corrected chi connectivity index (χ1v) is 30.7. The second kappa shape index (κ2) is 58.9. The van der Waals surface area contributed by atoms with Crippen molar-refractivity contribution in [3.8, 4) is 0 Å². The molecule has 0 aliphatic rings. The van der Waals surface area contributed by atoms with Gasteiger partial charge in [0.05, 0.1) is 0 Å². The van der Waals surface area contributed by atoms with Gasteiger partial charge in [0, 0.05) is 19.3 Å². The molecule has 0 bridgehead atoms. The lowest BCUT2D eigenvalue weighted by molar-refractivity contribution is -0.167. The number of unbranched alkanes of at least 4 members (excludes halogenated alkanes) is 38. The van der Waals surface area contributed by atoms with E-state index in [9.17, 15) is 14.4 Å². The van der Waals surface area contributed by atoms with Crippen molar-refractivity contribution in [1.82, 2.24) is 0 Å². The third kappa shape index (κ3) is 56.3. The Morgan fingerprint density at radius 3 is 0.814 bits per heavy atom. The van der Waals surface area contributed by atoms with Crippen LogP contribution in [0.5, 0.6) is 0 Å². The molecule has 0 amide bonds. The smallest absolute Gasteiger partial charge is 0.306 e. The molecule has 0 rings (SSSR count). The highest BCUT2D eigenvalue weighted by atomic mass is 16.6. The molecule has 6 heteroatoms. The van der Waals surface area contributed by atoms with Crippen molar-refractivity contribution in [2.24, 2.45) is 0 Å². The van der Waals surface area contributed by atoms with Crippen molar-refractivity contribution in [3.63, 3.8) is 0 Å². The molecule has 0 saturated heterocycles. The Morgan fingerprint density at radius 2 is 0.514 bits per heavy atom. The van der Waals surface area contributed by atoms with E-state index >= 15 is 0 Å². The SMILES string of the molecule is CCCCCC/C=C\CCCCCCCCCC(=O)OCC(COC(=O)CCCCCCCCC/C=C\CCCCCCCCCC)OC(=O)CCCCCCC/C=C\C=C/CCCCCCCCC. The highest BCUT2D eigenvalue weighted by Gasteiger charge is 2.19. The van der Waals surface area contributed by atoms with Crippen molar-refractivity contribution >= 4 is 17.9 Å². The topological polar surface area (TPSA) is 78.9 Å². The maximum Gasteiger partial charge on any atom is 0.306 e. The molecule has 70 heavy (non-hydrogen) atoms. The van der Waals surface area contributed by atoms with Crippen LogP contribution in [0.4, 0.5) is 0 Å². The van der Waals surface area contributed by atoms with Gasteiger partial charge in [0.1, 0.15) is 13.2 Å². The van der Waals surface area contributed by atoms with E-state index in [0.29, 0.717) is 19.3 Å². The molecular formula is C64H116O6. The molecule has 0 spiro atoms. The van der Waals surface area contributed by atoms with Crippen molar-refractivity contribution in [2.75, 3.05) is 13.2 Å². The summed E-state index contributed by atoms with van der Waals surface area (Å²) in [5.74, 6) is -0.889.